The van der Waals surface area contributed by atoms with Gasteiger partial charge in [0.25, 0.3) is 5.91 Å². The number of methoxy groups -OCH3 is 1. The van der Waals surface area contributed by atoms with Crippen LogP contribution in [0.2, 0.25) is 0 Å². The smallest absolute Gasteiger partial charge is 0.434 e. The molecule has 3 heterocycles. The lowest BCUT2D eigenvalue weighted by Gasteiger charge is -2.18. The van der Waals surface area contributed by atoms with E-state index in [9.17, 15) is 18.0 Å². The lowest BCUT2D eigenvalue weighted by atomic mass is 10.2. The van der Waals surface area contributed by atoms with E-state index < -0.39 is 23.3 Å². The lowest BCUT2D eigenvalue weighted by molar-refractivity contribution is -0.143. The number of nitrogens with one attached hydrogen (secondary N) is 1. The van der Waals surface area contributed by atoms with Crippen molar-refractivity contribution in [1.29, 1.82) is 0 Å². The average Bonchev–Trinajstić information content (AvgIpc) is 3.41. The predicted molar refractivity (Wildman–Crippen MR) is 111 cm³/mol. The highest BCUT2D eigenvalue weighted by molar-refractivity contribution is 6.05. The standard InChI is InChI=1S/C21H21F3N6O2/c1-13-9-10-29(12-13)15-5-3-14(4-6-15)26-20(31)16-11-25-30(19(16)21(22,23)24)17-7-8-18(32-2)28-27-17/h3-8,11,13H,9-10,12H2,1-2H3,(H,26,31). The van der Waals surface area contributed by atoms with E-state index in [1.165, 1.54) is 19.2 Å². The summed E-state index contributed by atoms with van der Waals surface area (Å²) in [5.74, 6) is -0.365. The third-order valence-corrected chi connectivity index (χ3v) is 5.25. The molecule has 1 atom stereocenters. The Hall–Kier alpha value is -3.63. The number of benzene rings is 1. The number of amides is 1. The molecule has 1 aliphatic rings. The van der Waals surface area contributed by atoms with Gasteiger partial charge in [0.15, 0.2) is 11.5 Å². The molecule has 3 aromatic rings. The summed E-state index contributed by atoms with van der Waals surface area (Å²) in [5, 5.41) is 13.6. The molecule has 4 rings (SSSR count). The largest absolute Gasteiger partial charge is 0.480 e. The maximum atomic E-state index is 13.8. The van der Waals surface area contributed by atoms with Crippen LogP contribution in [0.25, 0.3) is 5.82 Å². The normalized spacial score (nSPS) is 16.3. The minimum Gasteiger partial charge on any atom is -0.480 e. The van der Waals surface area contributed by atoms with Crippen LogP contribution in [0.3, 0.4) is 0 Å². The van der Waals surface area contributed by atoms with Crippen molar-refractivity contribution in [3.63, 3.8) is 0 Å². The number of anilines is 2. The van der Waals surface area contributed by atoms with Gasteiger partial charge in [0, 0.05) is 30.5 Å². The molecule has 1 aliphatic heterocycles. The first-order valence-electron chi connectivity index (χ1n) is 9.96. The number of ether oxygens (including phenoxy) is 1. The Kier molecular flexibility index (Phi) is 5.72. The fourth-order valence-corrected chi connectivity index (χ4v) is 3.62. The monoisotopic (exact) mass is 446 g/mol. The summed E-state index contributed by atoms with van der Waals surface area (Å²) in [6.45, 7) is 4.09. The van der Waals surface area contributed by atoms with Gasteiger partial charge in [-0.25, -0.2) is 4.68 Å². The molecule has 8 nitrogen and oxygen atoms in total. The Labute approximate surface area is 182 Å². The van der Waals surface area contributed by atoms with Crippen LogP contribution in [-0.4, -0.2) is 46.1 Å². The number of hydrogen-bond donors (Lipinski definition) is 1. The number of carbonyl (C=O) groups is 1. The van der Waals surface area contributed by atoms with Crippen molar-refractivity contribution >= 4 is 17.3 Å². The molecule has 11 heteroatoms. The molecule has 168 valence electrons. The Bertz CT molecular complexity index is 1100. The highest BCUT2D eigenvalue weighted by atomic mass is 19.4. The van der Waals surface area contributed by atoms with Crippen LogP contribution < -0.4 is 15.0 Å². The molecule has 1 saturated heterocycles. The highest BCUT2D eigenvalue weighted by Gasteiger charge is 2.41. The summed E-state index contributed by atoms with van der Waals surface area (Å²) in [7, 11) is 1.36. The summed E-state index contributed by atoms with van der Waals surface area (Å²) in [4.78, 5) is 14.9. The van der Waals surface area contributed by atoms with Gasteiger partial charge >= 0.3 is 6.18 Å². The van der Waals surface area contributed by atoms with Gasteiger partial charge in [-0.15, -0.1) is 10.2 Å². The second kappa shape index (κ2) is 8.48. The number of rotatable bonds is 5. The maximum Gasteiger partial charge on any atom is 0.434 e. The van der Waals surface area contributed by atoms with Gasteiger partial charge in [0.1, 0.15) is 0 Å². The first-order valence-corrected chi connectivity index (χ1v) is 9.96. The SMILES string of the molecule is COc1ccc(-n2ncc(C(=O)Nc3ccc(N4CCC(C)C4)cc3)c2C(F)(F)F)nn1. The molecule has 1 aromatic carbocycles. The van der Waals surface area contributed by atoms with Crippen molar-refractivity contribution in [3.8, 4) is 11.7 Å². The molecule has 1 unspecified atom stereocenters. The quantitative estimate of drug-likeness (QED) is 0.642. The lowest BCUT2D eigenvalue weighted by Crippen LogP contribution is -2.21. The number of aromatic nitrogens is 4. The average molecular weight is 446 g/mol. The van der Waals surface area contributed by atoms with E-state index in [4.69, 9.17) is 4.74 Å². The topological polar surface area (TPSA) is 85.2 Å². The predicted octanol–water partition coefficient (Wildman–Crippen LogP) is 3.79. The summed E-state index contributed by atoms with van der Waals surface area (Å²) in [5.41, 5.74) is -0.463. The maximum absolute atomic E-state index is 13.8. The van der Waals surface area contributed by atoms with Crippen LogP contribution in [0.4, 0.5) is 24.5 Å². The summed E-state index contributed by atoms with van der Waals surface area (Å²) >= 11 is 0. The minimum atomic E-state index is -4.85. The van der Waals surface area contributed by atoms with Crippen LogP contribution >= 0.6 is 0 Å². The van der Waals surface area contributed by atoms with Crippen molar-refractivity contribution in [3.05, 3.63) is 53.9 Å². The van der Waals surface area contributed by atoms with Crippen molar-refractivity contribution in [2.24, 2.45) is 5.92 Å². The Morgan fingerprint density at radius 3 is 2.47 bits per heavy atom. The molecule has 0 aliphatic carbocycles. The summed E-state index contributed by atoms with van der Waals surface area (Å²) < 4.78 is 46.8. The number of hydrogen-bond acceptors (Lipinski definition) is 6. The van der Waals surface area contributed by atoms with Crippen molar-refractivity contribution in [2.75, 3.05) is 30.4 Å². The molecule has 1 N–H and O–H groups in total. The molecule has 32 heavy (non-hydrogen) atoms. The van der Waals surface area contributed by atoms with E-state index in [2.05, 4.69) is 32.4 Å². The van der Waals surface area contributed by atoms with Crippen LogP contribution in [0.5, 0.6) is 5.88 Å². The van der Waals surface area contributed by atoms with Crippen LogP contribution in [0.15, 0.2) is 42.6 Å². The zero-order valence-corrected chi connectivity index (χ0v) is 17.4. The second-order valence-corrected chi connectivity index (χ2v) is 7.59. The molecule has 2 aromatic heterocycles. The number of nitrogens with zero attached hydrogens (tertiary/aromatic N) is 5. The van der Waals surface area contributed by atoms with E-state index >= 15 is 0 Å². The first kappa shape index (κ1) is 21.6. The molecule has 0 radical (unpaired) electrons. The van der Waals surface area contributed by atoms with Gasteiger partial charge in [0.2, 0.25) is 5.88 Å². The molecule has 0 bridgehead atoms. The van der Waals surface area contributed by atoms with Crippen molar-refractivity contribution in [2.45, 2.75) is 19.5 Å². The fourth-order valence-electron chi connectivity index (χ4n) is 3.62. The third kappa shape index (κ3) is 4.36. The Morgan fingerprint density at radius 1 is 1.16 bits per heavy atom. The number of halogens is 3. The number of carbonyl (C=O) groups excluding carboxylic acids is 1. The van der Waals surface area contributed by atoms with E-state index in [1.807, 2.05) is 12.1 Å². The molecular weight excluding hydrogens is 425 g/mol. The minimum absolute atomic E-state index is 0.138. The second-order valence-electron chi connectivity index (χ2n) is 7.59. The van der Waals surface area contributed by atoms with Gasteiger partial charge in [0.05, 0.1) is 18.9 Å². The van der Waals surface area contributed by atoms with Crippen LogP contribution in [0, 0.1) is 5.92 Å². The summed E-state index contributed by atoms with van der Waals surface area (Å²) in [6, 6.07) is 9.65. The fraction of sp³-hybridized carbons (Fsp3) is 0.333. The highest BCUT2D eigenvalue weighted by Crippen LogP contribution is 2.34. The Morgan fingerprint density at radius 2 is 1.91 bits per heavy atom. The number of alkyl halides is 3. The van der Waals surface area contributed by atoms with E-state index in [0.717, 1.165) is 31.4 Å². The molecule has 0 saturated carbocycles. The first-order chi connectivity index (χ1) is 15.3. The molecule has 1 fully saturated rings. The van der Waals surface area contributed by atoms with Gasteiger partial charge in [-0.05, 0) is 42.7 Å². The van der Waals surface area contributed by atoms with E-state index in [-0.39, 0.29) is 11.7 Å². The van der Waals surface area contributed by atoms with Crippen LogP contribution in [-0.2, 0) is 6.18 Å². The summed E-state index contributed by atoms with van der Waals surface area (Å²) in [6.07, 6.45) is -2.87. The third-order valence-electron chi connectivity index (χ3n) is 5.25. The van der Waals surface area contributed by atoms with Gasteiger partial charge < -0.3 is 15.0 Å². The molecule has 0 spiro atoms. The van der Waals surface area contributed by atoms with E-state index in [0.29, 0.717) is 16.3 Å². The Balaban J connectivity index is 1.57. The zero-order chi connectivity index (χ0) is 22.9. The van der Waals surface area contributed by atoms with Crippen molar-refractivity contribution < 1.29 is 22.7 Å². The van der Waals surface area contributed by atoms with Crippen molar-refractivity contribution in [1.82, 2.24) is 20.0 Å². The van der Waals surface area contributed by atoms with Crippen LogP contribution in [0.1, 0.15) is 29.4 Å². The van der Waals surface area contributed by atoms with E-state index in [1.54, 1.807) is 12.1 Å². The van der Waals surface area contributed by atoms with Gasteiger partial charge in [-0.2, -0.15) is 18.3 Å². The molecule has 1 amide bonds. The molecular formula is C21H21F3N6O2. The zero-order valence-electron chi connectivity index (χ0n) is 17.4. The van der Waals surface area contributed by atoms with Gasteiger partial charge in [-0.1, -0.05) is 6.92 Å². The van der Waals surface area contributed by atoms with Gasteiger partial charge in [-0.3, -0.25) is 4.79 Å².